The number of ether oxygens (including phenoxy) is 1. The van der Waals surface area contributed by atoms with Crippen molar-refractivity contribution in [3.05, 3.63) is 23.7 Å². The van der Waals surface area contributed by atoms with Crippen molar-refractivity contribution in [3.8, 4) is 0 Å². The molecule has 0 fully saturated rings. The monoisotopic (exact) mass is 338 g/mol. The van der Waals surface area contributed by atoms with E-state index >= 15 is 0 Å². The molecule has 1 heterocycles. The second kappa shape index (κ2) is 11.2. The van der Waals surface area contributed by atoms with Gasteiger partial charge in [-0.15, -0.1) is 0 Å². The van der Waals surface area contributed by atoms with Gasteiger partial charge in [-0.05, 0) is 19.1 Å². The van der Waals surface area contributed by atoms with Gasteiger partial charge < -0.3 is 21.6 Å². The summed E-state index contributed by atoms with van der Waals surface area (Å²) >= 11 is 3.21. The maximum absolute atomic E-state index is 11.0. The van der Waals surface area contributed by atoms with E-state index in [4.69, 9.17) is 9.15 Å². The van der Waals surface area contributed by atoms with E-state index in [1.165, 1.54) is 0 Å². The van der Waals surface area contributed by atoms with Crippen LogP contribution in [0.4, 0.5) is 0 Å². The Morgan fingerprint density at radius 3 is 2.53 bits per heavy atom. The van der Waals surface area contributed by atoms with Crippen molar-refractivity contribution in [1.82, 2.24) is 0 Å². The zero-order chi connectivity index (χ0) is 8.97. The fraction of sp³-hybridized carbons (Fsp3) is 0.375. The van der Waals surface area contributed by atoms with E-state index in [0.29, 0.717) is 11.9 Å². The Labute approximate surface area is 128 Å². The van der Waals surface area contributed by atoms with Crippen LogP contribution in [0, 0.1) is 0 Å². The molecular formula is C8H9BrClLiO3Zn. The van der Waals surface area contributed by atoms with Gasteiger partial charge in [0.2, 0.25) is 5.76 Å². The smallest absolute Gasteiger partial charge is 1.00 e. The van der Waals surface area contributed by atoms with Gasteiger partial charge in [0.25, 0.3) is 0 Å². The SMILES string of the molecule is CCOC(=O)c1ccc(CBr)o1.[Cl-].[Li+].[Zn]. The van der Waals surface area contributed by atoms with E-state index in [0.717, 1.165) is 5.76 Å². The Morgan fingerprint density at radius 1 is 1.53 bits per heavy atom. The van der Waals surface area contributed by atoms with Crippen molar-refractivity contribution in [2.45, 2.75) is 12.3 Å². The first-order chi connectivity index (χ1) is 5.77. The first kappa shape index (κ1) is 21.1. The van der Waals surface area contributed by atoms with Gasteiger partial charge in [0.1, 0.15) is 5.76 Å². The van der Waals surface area contributed by atoms with E-state index in [2.05, 4.69) is 15.9 Å². The molecule has 0 unspecified atom stereocenters. The molecule has 0 aromatic carbocycles. The number of carbonyl (C=O) groups excluding carboxylic acids is 1. The fourth-order valence-electron chi connectivity index (χ4n) is 0.762. The van der Waals surface area contributed by atoms with Crippen LogP contribution in [0.1, 0.15) is 23.2 Å². The topological polar surface area (TPSA) is 39.4 Å². The van der Waals surface area contributed by atoms with Gasteiger partial charge in [0.05, 0.1) is 11.9 Å². The van der Waals surface area contributed by atoms with Crippen LogP contribution in [0.15, 0.2) is 16.5 Å². The molecule has 7 heteroatoms. The van der Waals surface area contributed by atoms with Gasteiger partial charge in [0, 0.05) is 19.5 Å². The predicted octanol–water partition coefficient (Wildman–Crippen LogP) is -3.64. The van der Waals surface area contributed by atoms with E-state index < -0.39 is 5.97 Å². The molecule has 0 aliphatic heterocycles. The summed E-state index contributed by atoms with van der Waals surface area (Å²) in [6, 6.07) is 3.34. The third-order valence-corrected chi connectivity index (χ3v) is 1.82. The van der Waals surface area contributed by atoms with Gasteiger partial charge in [-0.25, -0.2) is 4.79 Å². The molecule has 0 radical (unpaired) electrons. The molecule has 0 atom stereocenters. The first-order valence-electron chi connectivity index (χ1n) is 3.59. The molecule has 0 N–H and O–H groups in total. The minimum absolute atomic E-state index is 0. The van der Waals surface area contributed by atoms with Crippen molar-refractivity contribution < 1.29 is 64.7 Å². The van der Waals surface area contributed by atoms with Crippen LogP contribution in [-0.2, 0) is 29.5 Å². The zero-order valence-corrected chi connectivity index (χ0v) is 14.1. The molecule has 76 valence electrons. The number of rotatable bonds is 3. The molecule has 1 aromatic rings. The number of hydrogen-bond acceptors (Lipinski definition) is 3. The largest absolute Gasteiger partial charge is 1.00 e. The number of alkyl halides is 1. The molecular weight excluding hydrogens is 332 g/mol. The van der Waals surface area contributed by atoms with Crippen molar-refractivity contribution in [3.63, 3.8) is 0 Å². The normalized spacial score (nSPS) is 7.87. The summed E-state index contributed by atoms with van der Waals surface area (Å²) < 4.78 is 9.86. The second-order valence-electron chi connectivity index (χ2n) is 2.12. The molecule has 0 spiro atoms. The average Bonchev–Trinajstić information content (AvgIpc) is 2.52. The van der Waals surface area contributed by atoms with Crippen molar-refractivity contribution in [2.24, 2.45) is 0 Å². The fourth-order valence-corrected chi connectivity index (χ4v) is 1.06. The van der Waals surface area contributed by atoms with Gasteiger partial charge in [0.15, 0.2) is 0 Å². The summed E-state index contributed by atoms with van der Waals surface area (Å²) in [4.78, 5) is 11.0. The molecule has 1 aromatic heterocycles. The van der Waals surface area contributed by atoms with Crippen LogP contribution < -0.4 is 31.3 Å². The number of hydrogen-bond donors (Lipinski definition) is 0. The van der Waals surface area contributed by atoms with Crippen LogP contribution in [0.5, 0.6) is 0 Å². The van der Waals surface area contributed by atoms with Crippen LogP contribution in [0.2, 0.25) is 0 Å². The van der Waals surface area contributed by atoms with Gasteiger partial charge in [-0.2, -0.15) is 0 Å². The number of esters is 1. The summed E-state index contributed by atoms with van der Waals surface area (Å²) in [6.07, 6.45) is 0. The summed E-state index contributed by atoms with van der Waals surface area (Å²) in [6.45, 7) is 2.12. The summed E-state index contributed by atoms with van der Waals surface area (Å²) in [7, 11) is 0. The molecule has 15 heavy (non-hydrogen) atoms. The van der Waals surface area contributed by atoms with E-state index in [9.17, 15) is 4.79 Å². The second-order valence-corrected chi connectivity index (χ2v) is 2.68. The number of furan rings is 1. The van der Waals surface area contributed by atoms with Crippen molar-refractivity contribution in [2.75, 3.05) is 6.61 Å². The molecule has 1 rings (SSSR count). The third-order valence-electron chi connectivity index (χ3n) is 1.27. The quantitative estimate of drug-likeness (QED) is 0.324. The predicted molar refractivity (Wildman–Crippen MR) is 47.3 cm³/mol. The number of halogens is 2. The van der Waals surface area contributed by atoms with E-state index in [1.807, 2.05) is 0 Å². The van der Waals surface area contributed by atoms with Gasteiger partial charge in [-0.1, -0.05) is 15.9 Å². The number of carbonyl (C=O) groups is 1. The molecule has 0 aliphatic rings. The molecule has 0 bridgehead atoms. The standard InChI is InChI=1S/C8H9BrO3.ClH.Li.Zn/c1-2-11-8(10)7-4-3-6(5-9)12-7;;;/h3-4H,2,5H2,1H3;1H;;/q;;+1;/p-1. The Hall–Kier alpha value is 0.741. The Morgan fingerprint density at radius 2 is 2.13 bits per heavy atom. The molecule has 0 aliphatic carbocycles. The van der Waals surface area contributed by atoms with Crippen LogP contribution >= 0.6 is 15.9 Å². The maximum atomic E-state index is 11.0. The molecule has 3 nitrogen and oxygen atoms in total. The zero-order valence-electron chi connectivity index (χ0n) is 8.76. The Kier molecular flexibility index (Phi) is 15.8. The van der Waals surface area contributed by atoms with Crippen LogP contribution in [0.25, 0.3) is 0 Å². The summed E-state index contributed by atoms with van der Waals surface area (Å²) in [5, 5.41) is 0.604. The van der Waals surface area contributed by atoms with Crippen LogP contribution in [0.3, 0.4) is 0 Å². The minimum atomic E-state index is -0.412. The molecule has 0 saturated heterocycles. The average molecular weight is 341 g/mol. The maximum Gasteiger partial charge on any atom is 1.00 e. The van der Waals surface area contributed by atoms with E-state index in [1.54, 1.807) is 19.1 Å². The molecule has 0 saturated carbocycles. The minimum Gasteiger partial charge on any atom is -1.00 e. The summed E-state index contributed by atoms with van der Waals surface area (Å²) in [5.41, 5.74) is 0. The van der Waals surface area contributed by atoms with Gasteiger partial charge >= 0.3 is 24.8 Å². The first-order valence-corrected chi connectivity index (χ1v) is 4.72. The Bertz CT molecular complexity index is 283. The van der Waals surface area contributed by atoms with Crippen molar-refractivity contribution >= 4 is 21.9 Å². The summed E-state index contributed by atoms with van der Waals surface area (Å²) in [5.74, 6) is 0.564. The van der Waals surface area contributed by atoms with E-state index in [-0.39, 0.29) is 56.5 Å². The molecule has 0 amide bonds. The Balaban J connectivity index is -0.000000480. The third kappa shape index (κ3) is 6.81. The van der Waals surface area contributed by atoms with Crippen molar-refractivity contribution in [1.29, 1.82) is 0 Å². The van der Waals surface area contributed by atoms with Gasteiger partial charge in [-0.3, -0.25) is 0 Å². The van der Waals surface area contributed by atoms with Crippen LogP contribution in [-0.4, -0.2) is 12.6 Å².